The number of nitrogens with one attached hydrogen (secondary N) is 1. The lowest BCUT2D eigenvalue weighted by molar-refractivity contribution is -0.132. The molecule has 3 N–H and O–H groups in total. The molecular formula is C10H19N3O2S. The summed E-state index contributed by atoms with van der Waals surface area (Å²) in [5.74, 6) is 0.0927. The summed E-state index contributed by atoms with van der Waals surface area (Å²) in [6.07, 6.45) is 0. The van der Waals surface area contributed by atoms with Gasteiger partial charge in [0.05, 0.1) is 18.2 Å². The van der Waals surface area contributed by atoms with Gasteiger partial charge in [-0.1, -0.05) is 19.1 Å². The number of ether oxygens (including phenoxy) is 1. The van der Waals surface area contributed by atoms with E-state index < -0.39 is 0 Å². The minimum atomic E-state index is -0.226. The molecule has 92 valence electrons. The number of likely N-dealkylation sites (N-methyl/N-ethyl adjacent to an activating group) is 1. The van der Waals surface area contributed by atoms with Crippen LogP contribution in [0.5, 0.6) is 0 Å². The number of thiocarbonyl (C=S) groups is 1. The summed E-state index contributed by atoms with van der Waals surface area (Å²) in [6.45, 7) is 4.50. The van der Waals surface area contributed by atoms with Crippen LogP contribution in [0, 0.1) is 5.92 Å². The normalized spacial score (nSPS) is 23.8. The van der Waals surface area contributed by atoms with Crippen LogP contribution in [0.3, 0.4) is 0 Å². The lowest BCUT2D eigenvalue weighted by atomic mass is 10.1. The fourth-order valence-electron chi connectivity index (χ4n) is 1.71. The highest BCUT2D eigenvalue weighted by Gasteiger charge is 2.29. The molecule has 6 heteroatoms. The highest BCUT2D eigenvalue weighted by Crippen LogP contribution is 2.10. The first-order valence-corrected chi connectivity index (χ1v) is 5.79. The van der Waals surface area contributed by atoms with Crippen molar-refractivity contribution in [3.8, 4) is 0 Å². The van der Waals surface area contributed by atoms with Crippen LogP contribution >= 0.6 is 12.2 Å². The Balaban J connectivity index is 2.60. The Kier molecular flexibility index (Phi) is 5.11. The van der Waals surface area contributed by atoms with Crippen LogP contribution in [0.25, 0.3) is 0 Å². The molecule has 1 amide bonds. The number of nitrogens with zero attached hydrogens (tertiary/aromatic N) is 1. The van der Waals surface area contributed by atoms with Gasteiger partial charge < -0.3 is 15.8 Å². The van der Waals surface area contributed by atoms with E-state index in [4.69, 9.17) is 22.7 Å². The number of rotatable bonds is 4. The van der Waals surface area contributed by atoms with Crippen LogP contribution in [-0.2, 0) is 9.53 Å². The predicted molar refractivity (Wildman–Crippen MR) is 66.2 cm³/mol. The zero-order chi connectivity index (χ0) is 12.1. The molecule has 0 aliphatic carbocycles. The number of amides is 1. The molecule has 1 rings (SSSR count). The van der Waals surface area contributed by atoms with Crippen molar-refractivity contribution in [1.29, 1.82) is 0 Å². The Morgan fingerprint density at radius 2 is 2.44 bits per heavy atom. The van der Waals surface area contributed by atoms with Gasteiger partial charge in [0.25, 0.3) is 0 Å². The molecule has 1 saturated heterocycles. The minimum absolute atomic E-state index is 0.0187. The number of hydrogen-bond donors (Lipinski definition) is 2. The highest BCUT2D eigenvalue weighted by molar-refractivity contribution is 7.80. The molecule has 1 heterocycles. The van der Waals surface area contributed by atoms with Gasteiger partial charge in [-0.15, -0.1) is 0 Å². The van der Waals surface area contributed by atoms with E-state index >= 15 is 0 Å². The van der Waals surface area contributed by atoms with Crippen molar-refractivity contribution in [2.24, 2.45) is 11.7 Å². The van der Waals surface area contributed by atoms with Crippen LogP contribution in [-0.4, -0.2) is 55.2 Å². The molecular weight excluding hydrogens is 226 g/mol. The predicted octanol–water partition coefficient (Wildman–Crippen LogP) is -0.645. The van der Waals surface area contributed by atoms with Crippen molar-refractivity contribution in [3.63, 3.8) is 0 Å². The molecule has 0 aromatic heterocycles. The summed E-state index contributed by atoms with van der Waals surface area (Å²) in [5.41, 5.74) is 5.58. The van der Waals surface area contributed by atoms with Crippen LogP contribution < -0.4 is 11.1 Å². The average Bonchev–Trinajstić information content (AvgIpc) is 2.28. The number of hydrogen-bond acceptors (Lipinski definition) is 4. The van der Waals surface area contributed by atoms with E-state index in [1.54, 1.807) is 7.05 Å². The molecule has 0 aromatic carbocycles. The van der Waals surface area contributed by atoms with Gasteiger partial charge >= 0.3 is 0 Å². The van der Waals surface area contributed by atoms with E-state index in [0.717, 1.165) is 6.54 Å². The highest BCUT2D eigenvalue weighted by atomic mass is 32.1. The molecule has 16 heavy (non-hydrogen) atoms. The monoisotopic (exact) mass is 245 g/mol. The number of morpholine rings is 1. The maximum Gasteiger partial charge on any atom is 0.239 e. The Hall–Kier alpha value is -0.720. The van der Waals surface area contributed by atoms with Crippen molar-refractivity contribution in [2.75, 3.05) is 33.4 Å². The van der Waals surface area contributed by atoms with Crippen LogP contribution in [0.15, 0.2) is 0 Å². The SMILES string of the molecule is CNC(=O)C1COCCN1CC(C)C(N)=S. The van der Waals surface area contributed by atoms with E-state index in [9.17, 15) is 4.79 Å². The molecule has 1 aliphatic heterocycles. The van der Waals surface area contributed by atoms with E-state index in [1.165, 1.54) is 0 Å². The third-order valence-electron chi connectivity index (χ3n) is 2.78. The fraction of sp³-hybridized carbons (Fsp3) is 0.800. The van der Waals surface area contributed by atoms with Gasteiger partial charge in [-0.05, 0) is 0 Å². The van der Waals surface area contributed by atoms with Crippen LogP contribution in [0.4, 0.5) is 0 Å². The van der Waals surface area contributed by atoms with Crippen molar-refractivity contribution < 1.29 is 9.53 Å². The van der Waals surface area contributed by atoms with Crippen molar-refractivity contribution in [3.05, 3.63) is 0 Å². The van der Waals surface area contributed by atoms with Crippen molar-refractivity contribution in [1.82, 2.24) is 10.2 Å². The molecule has 0 aromatic rings. The number of nitrogens with two attached hydrogens (primary N) is 1. The summed E-state index contributed by atoms with van der Waals surface area (Å²) in [5, 5.41) is 2.64. The molecule has 0 radical (unpaired) electrons. The first-order valence-electron chi connectivity index (χ1n) is 5.39. The largest absolute Gasteiger partial charge is 0.393 e. The van der Waals surface area contributed by atoms with E-state index in [1.807, 2.05) is 6.92 Å². The Labute approximate surface area is 101 Å². The van der Waals surface area contributed by atoms with Gasteiger partial charge in [0.2, 0.25) is 5.91 Å². The average molecular weight is 245 g/mol. The summed E-state index contributed by atoms with van der Waals surface area (Å²) < 4.78 is 5.31. The summed E-state index contributed by atoms with van der Waals surface area (Å²) in [7, 11) is 1.63. The molecule has 5 nitrogen and oxygen atoms in total. The molecule has 2 unspecified atom stereocenters. The Bertz CT molecular complexity index is 273. The second-order valence-electron chi connectivity index (χ2n) is 4.00. The third kappa shape index (κ3) is 3.40. The van der Waals surface area contributed by atoms with Gasteiger partial charge in [0.15, 0.2) is 0 Å². The molecule has 0 spiro atoms. The topological polar surface area (TPSA) is 67.6 Å². The quantitative estimate of drug-likeness (QED) is 0.645. The van der Waals surface area contributed by atoms with Crippen molar-refractivity contribution in [2.45, 2.75) is 13.0 Å². The van der Waals surface area contributed by atoms with Crippen LogP contribution in [0.2, 0.25) is 0 Å². The van der Waals surface area contributed by atoms with Gasteiger partial charge in [-0.3, -0.25) is 9.69 Å². The zero-order valence-electron chi connectivity index (χ0n) is 9.73. The molecule has 1 fully saturated rings. The maximum atomic E-state index is 11.6. The third-order valence-corrected chi connectivity index (χ3v) is 3.18. The first kappa shape index (κ1) is 13.3. The van der Waals surface area contributed by atoms with Gasteiger partial charge in [0.1, 0.15) is 6.04 Å². The Morgan fingerprint density at radius 1 is 1.75 bits per heavy atom. The second-order valence-corrected chi connectivity index (χ2v) is 4.47. The van der Waals surface area contributed by atoms with E-state index in [-0.39, 0.29) is 17.9 Å². The summed E-state index contributed by atoms with van der Waals surface area (Å²) >= 11 is 4.94. The molecule has 0 bridgehead atoms. The molecule has 0 saturated carbocycles. The lowest BCUT2D eigenvalue weighted by Crippen LogP contribution is -2.54. The van der Waals surface area contributed by atoms with Crippen LogP contribution in [0.1, 0.15) is 6.92 Å². The second kappa shape index (κ2) is 6.12. The standard InChI is InChI=1S/C10H19N3O2S/c1-7(9(11)16)5-13-3-4-15-6-8(13)10(14)12-2/h7-8H,3-6H2,1-2H3,(H2,11,16)(H,12,14). The van der Waals surface area contributed by atoms with Gasteiger partial charge in [0, 0.05) is 26.1 Å². The smallest absolute Gasteiger partial charge is 0.239 e. The fourth-order valence-corrected chi connectivity index (χ4v) is 1.78. The summed E-state index contributed by atoms with van der Waals surface area (Å²) in [4.78, 5) is 14.2. The first-order chi connectivity index (χ1) is 7.56. The zero-order valence-corrected chi connectivity index (χ0v) is 10.5. The minimum Gasteiger partial charge on any atom is -0.393 e. The molecule has 1 aliphatic rings. The van der Waals surface area contributed by atoms with E-state index in [0.29, 0.717) is 24.7 Å². The van der Waals surface area contributed by atoms with Crippen molar-refractivity contribution >= 4 is 23.1 Å². The molecule has 2 atom stereocenters. The van der Waals surface area contributed by atoms with E-state index in [2.05, 4.69) is 10.2 Å². The number of carbonyl (C=O) groups is 1. The lowest BCUT2D eigenvalue weighted by Gasteiger charge is -2.35. The van der Waals surface area contributed by atoms with Gasteiger partial charge in [-0.25, -0.2) is 0 Å². The Morgan fingerprint density at radius 3 is 3.00 bits per heavy atom. The maximum absolute atomic E-state index is 11.6. The number of carbonyl (C=O) groups excluding carboxylic acids is 1. The summed E-state index contributed by atoms with van der Waals surface area (Å²) in [6, 6.07) is -0.226. The van der Waals surface area contributed by atoms with Gasteiger partial charge in [-0.2, -0.15) is 0 Å².